The minimum absolute atomic E-state index is 0.0935. The van der Waals surface area contributed by atoms with E-state index >= 15 is 0 Å². The third-order valence-electron chi connectivity index (χ3n) is 4.82. The van der Waals surface area contributed by atoms with Crippen molar-refractivity contribution >= 4 is 11.7 Å². The molecule has 1 saturated heterocycles. The van der Waals surface area contributed by atoms with Crippen molar-refractivity contribution in [2.75, 3.05) is 31.2 Å². The molecule has 0 bridgehead atoms. The molecule has 1 unspecified atom stereocenters. The summed E-state index contributed by atoms with van der Waals surface area (Å²) in [6, 6.07) is 7.51. The van der Waals surface area contributed by atoms with Gasteiger partial charge >= 0.3 is 0 Å². The van der Waals surface area contributed by atoms with Crippen molar-refractivity contribution in [3.05, 3.63) is 42.2 Å². The Labute approximate surface area is 159 Å². The van der Waals surface area contributed by atoms with Crippen LogP contribution in [0, 0.1) is 0 Å². The molecule has 1 aliphatic heterocycles. The molecule has 0 aliphatic carbocycles. The summed E-state index contributed by atoms with van der Waals surface area (Å²) in [5.41, 5.74) is 2.04. The summed E-state index contributed by atoms with van der Waals surface area (Å²) in [6.07, 6.45) is 7.50. The van der Waals surface area contributed by atoms with Crippen molar-refractivity contribution in [2.45, 2.75) is 31.7 Å². The first-order valence-corrected chi connectivity index (χ1v) is 9.42. The third-order valence-corrected chi connectivity index (χ3v) is 4.82. The highest BCUT2D eigenvalue weighted by molar-refractivity contribution is 5.95. The standard InChI is InChI=1S/C20H26N4O3/c25-10-7-17-6-1-2-9-24(17)19-14-21-13-18(23-19)15-4-3-5-16(12-15)20(27)22-8-11-26/h3-5,12-14,17,25-26H,1-2,6-11H2,(H,22,27). The molecule has 3 N–H and O–H groups in total. The van der Waals surface area contributed by atoms with Gasteiger partial charge in [-0.3, -0.25) is 9.78 Å². The number of carbonyl (C=O) groups is 1. The van der Waals surface area contributed by atoms with Gasteiger partial charge in [-0.2, -0.15) is 0 Å². The fourth-order valence-corrected chi connectivity index (χ4v) is 3.48. The molecule has 0 saturated carbocycles. The van der Waals surface area contributed by atoms with Crippen LogP contribution in [0.5, 0.6) is 0 Å². The number of hydrogen-bond acceptors (Lipinski definition) is 6. The van der Waals surface area contributed by atoms with Crippen LogP contribution >= 0.6 is 0 Å². The number of carbonyl (C=O) groups excluding carboxylic acids is 1. The Morgan fingerprint density at radius 3 is 2.93 bits per heavy atom. The maximum atomic E-state index is 12.1. The first-order chi connectivity index (χ1) is 13.2. The molecular weight excluding hydrogens is 344 g/mol. The summed E-state index contributed by atoms with van der Waals surface area (Å²) in [5.74, 6) is 0.579. The van der Waals surface area contributed by atoms with E-state index in [4.69, 9.17) is 10.1 Å². The molecule has 144 valence electrons. The summed E-state index contributed by atoms with van der Waals surface area (Å²) >= 11 is 0. The molecule has 1 aromatic heterocycles. The Balaban J connectivity index is 1.84. The van der Waals surface area contributed by atoms with E-state index in [1.54, 1.807) is 24.5 Å². The van der Waals surface area contributed by atoms with Gasteiger partial charge in [0.2, 0.25) is 0 Å². The quantitative estimate of drug-likeness (QED) is 0.685. The predicted octanol–water partition coefficient (Wildman–Crippen LogP) is 1.61. The number of aliphatic hydroxyl groups excluding tert-OH is 2. The van der Waals surface area contributed by atoms with Crippen LogP contribution in [0.2, 0.25) is 0 Å². The van der Waals surface area contributed by atoms with Crippen molar-refractivity contribution in [3.63, 3.8) is 0 Å². The van der Waals surface area contributed by atoms with E-state index in [-0.39, 0.29) is 31.7 Å². The average molecular weight is 370 g/mol. The lowest BCUT2D eigenvalue weighted by atomic mass is 10.00. The van der Waals surface area contributed by atoms with Gasteiger partial charge in [0.25, 0.3) is 5.91 Å². The van der Waals surface area contributed by atoms with Crippen molar-refractivity contribution in [3.8, 4) is 11.3 Å². The third kappa shape index (κ3) is 4.81. The molecule has 1 atom stereocenters. The highest BCUT2D eigenvalue weighted by Gasteiger charge is 2.23. The minimum Gasteiger partial charge on any atom is -0.396 e. The first-order valence-electron chi connectivity index (χ1n) is 9.42. The molecule has 0 radical (unpaired) electrons. The van der Waals surface area contributed by atoms with Gasteiger partial charge in [-0.25, -0.2) is 4.98 Å². The van der Waals surface area contributed by atoms with Gasteiger partial charge in [-0.1, -0.05) is 12.1 Å². The van der Waals surface area contributed by atoms with Gasteiger partial charge in [-0.15, -0.1) is 0 Å². The summed E-state index contributed by atoms with van der Waals surface area (Å²) in [7, 11) is 0. The van der Waals surface area contributed by atoms with Gasteiger partial charge in [0.1, 0.15) is 5.82 Å². The van der Waals surface area contributed by atoms with Gasteiger partial charge in [0, 0.05) is 36.9 Å². The van der Waals surface area contributed by atoms with E-state index in [9.17, 15) is 9.90 Å². The Kier molecular flexibility index (Phi) is 6.73. The minimum atomic E-state index is -0.228. The number of aromatic nitrogens is 2. The topological polar surface area (TPSA) is 98.6 Å². The molecule has 7 nitrogen and oxygen atoms in total. The van der Waals surface area contributed by atoms with E-state index in [1.807, 2.05) is 12.1 Å². The summed E-state index contributed by atoms with van der Waals surface area (Å²) in [5, 5.41) is 20.9. The lowest BCUT2D eigenvalue weighted by Gasteiger charge is -2.36. The number of hydrogen-bond donors (Lipinski definition) is 3. The molecular formula is C20H26N4O3. The summed E-state index contributed by atoms with van der Waals surface area (Å²) in [6.45, 7) is 1.20. The Hall–Kier alpha value is -2.51. The summed E-state index contributed by atoms with van der Waals surface area (Å²) in [4.78, 5) is 23.5. The first kappa shape index (κ1) is 19.3. The average Bonchev–Trinajstić information content (AvgIpc) is 2.73. The molecule has 2 heterocycles. The fraction of sp³-hybridized carbons (Fsp3) is 0.450. The van der Waals surface area contributed by atoms with Crippen molar-refractivity contribution < 1.29 is 15.0 Å². The van der Waals surface area contributed by atoms with Crippen LogP contribution in [0.3, 0.4) is 0 Å². The molecule has 1 aromatic carbocycles. The number of amides is 1. The monoisotopic (exact) mass is 370 g/mol. The number of piperidine rings is 1. The molecule has 1 aliphatic rings. The SMILES string of the molecule is O=C(NCCO)c1cccc(-c2cncc(N3CCCCC3CCO)n2)c1. The van der Waals surface area contributed by atoms with Crippen LogP contribution in [0.25, 0.3) is 11.3 Å². The molecule has 3 rings (SSSR count). The van der Waals surface area contributed by atoms with Crippen molar-refractivity contribution in [1.29, 1.82) is 0 Å². The van der Waals surface area contributed by atoms with Gasteiger partial charge < -0.3 is 20.4 Å². The van der Waals surface area contributed by atoms with Crippen LogP contribution in [-0.4, -0.2) is 58.4 Å². The normalized spacial score (nSPS) is 17.0. The highest BCUT2D eigenvalue weighted by Crippen LogP contribution is 2.27. The van der Waals surface area contributed by atoms with Crippen LogP contribution < -0.4 is 10.2 Å². The Morgan fingerprint density at radius 2 is 2.11 bits per heavy atom. The number of benzene rings is 1. The lowest BCUT2D eigenvalue weighted by Crippen LogP contribution is -2.40. The Bertz CT molecular complexity index is 766. The van der Waals surface area contributed by atoms with Crippen molar-refractivity contribution in [1.82, 2.24) is 15.3 Å². The molecule has 1 fully saturated rings. The lowest BCUT2D eigenvalue weighted by molar-refractivity contribution is 0.0945. The number of nitrogens with zero attached hydrogens (tertiary/aromatic N) is 3. The van der Waals surface area contributed by atoms with Crippen LogP contribution in [0.15, 0.2) is 36.7 Å². The van der Waals surface area contributed by atoms with E-state index in [0.717, 1.165) is 37.2 Å². The molecule has 1 amide bonds. The zero-order valence-corrected chi connectivity index (χ0v) is 15.3. The van der Waals surface area contributed by atoms with E-state index in [2.05, 4.69) is 15.2 Å². The van der Waals surface area contributed by atoms with Gasteiger partial charge in [-0.05, 0) is 37.8 Å². The van der Waals surface area contributed by atoms with E-state index in [0.29, 0.717) is 11.3 Å². The molecule has 7 heteroatoms. The number of rotatable bonds is 7. The van der Waals surface area contributed by atoms with Crippen LogP contribution in [-0.2, 0) is 0 Å². The van der Waals surface area contributed by atoms with E-state index < -0.39 is 0 Å². The zero-order valence-electron chi connectivity index (χ0n) is 15.3. The maximum Gasteiger partial charge on any atom is 0.251 e. The fourth-order valence-electron chi connectivity index (χ4n) is 3.48. The van der Waals surface area contributed by atoms with Crippen LogP contribution in [0.4, 0.5) is 5.82 Å². The maximum absolute atomic E-state index is 12.1. The second-order valence-corrected chi connectivity index (χ2v) is 6.68. The Morgan fingerprint density at radius 1 is 1.22 bits per heavy atom. The second-order valence-electron chi connectivity index (χ2n) is 6.68. The zero-order chi connectivity index (χ0) is 19.1. The van der Waals surface area contributed by atoms with Gasteiger partial charge in [0.05, 0.1) is 24.7 Å². The van der Waals surface area contributed by atoms with Crippen LogP contribution in [0.1, 0.15) is 36.0 Å². The van der Waals surface area contributed by atoms with Gasteiger partial charge in [0.15, 0.2) is 0 Å². The largest absolute Gasteiger partial charge is 0.396 e. The van der Waals surface area contributed by atoms with Crippen molar-refractivity contribution in [2.24, 2.45) is 0 Å². The van der Waals surface area contributed by atoms with E-state index in [1.165, 1.54) is 6.42 Å². The number of anilines is 1. The smallest absolute Gasteiger partial charge is 0.251 e. The second kappa shape index (κ2) is 9.43. The number of aliphatic hydroxyl groups is 2. The highest BCUT2D eigenvalue weighted by atomic mass is 16.3. The number of nitrogens with one attached hydrogen (secondary N) is 1. The molecule has 0 spiro atoms. The summed E-state index contributed by atoms with van der Waals surface area (Å²) < 4.78 is 0. The molecule has 27 heavy (non-hydrogen) atoms. The predicted molar refractivity (Wildman–Crippen MR) is 104 cm³/mol. The molecule has 2 aromatic rings.